The topological polar surface area (TPSA) is 66.0 Å². The Hall–Kier alpha value is -6.92. The van der Waals surface area contributed by atoms with Crippen LogP contribution in [0.4, 0.5) is 0 Å². The molecule has 0 atom stereocenters. The second-order valence-corrected chi connectivity index (χ2v) is 14.6. The number of imidazole rings is 1. The average Bonchev–Trinajstić information content (AvgIpc) is 3.92. The summed E-state index contributed by atoms with van der Waals surface area (Å²) in [6, 6.07) is 63.1. The molecule has 0 saturated heterocycles. The number of pyridine rings is 2. The molecular weight excluding hydrogens is 929 g/mol. The van der Waals surface area contributed by atoms with Crippen LogP contribution in [0, 0.1) is 18.2 Å². The Morgan fingerprint density at radius 3 is 1.93 bits per heavy atom. The molecule has 0 aliphatic heterocycles. The Balaban J connectivity index is 0.000000213. The molecule has 0 amide bonds. The van der Waals surface area contributed by atoms with E-state index in [2.05, 4.69) is 99.9 Å². The number of hydrogen-bond donors (Lipinski definition) is 0. The third kappa shape index (κ3) is 9.93. The van der Waals surface area contributed by atoms with Crippen LogP contribution in [0.25, 0.3) is 55.8 Å². The fraction of sp³-hybridized carbons (Fsp3) is 0.0926. The number of fused-ring (bicyclic) bond motifs is 3. The molecule has 0 spiro atoms. The first-order chi connectivity index (χ1) is 29.6. The summed E-state index contributed by atoms with van der Waals surface area (Å²) in [7, 11) is 1.97. The fourth-order valence-corrected chi connectivity index (χ4v) is 7.37. The summed E-state index contributed by atoms with van der Waals surface area (Å²) in [5.41, 5.74) is 11.6. The number of hydrogen-bond acceptors (Lipinski definition) is 5. The zero-order valence-electron chi connectivity index (χ0n) is 33.6. The summed E-state index contributed by atoms with van der Waals surface area (Å²) in [6.45, 7) is 0. The number of aromatic nitrogens is 4. The molecule has 4 aromatic heterocycles. The maximum absolute atomic E-state index is 6.29. The van der Waals surface area contributed by atoms with Gasteiger partial charge in [-0.3, -0.25) is 4.98 Å². The molecule has 298 valence electrons. The van der Waals surface area contributed by atoms with Gasteiger partial charge >= 0.3 is 20.1 Å². The Kier molecular flexibility index (Phi) is 13.0. The Labute approximate surface area is 369 Å². The Morgan fingerprint density at radius 1 is 0.525 bits per heavy atom. The number of para-hydroxylation sites is 1. The molecule has 0 saturated carbocycles. The molecule has 0 radical (unpaired) electrons. The van der Waals surface area contributed by atoms with Crippen molar-refractivity contribution < 1.29 is 29.3 Å². The molecule has 0 aliphatic carbocycles. The number of nitrogens with zero attached hydrogens (tertiary/aromatic N) is 4. The van der Waals surface area contributed by atoms with Crippen molar-refractivity contribution in [2.75, 3.05) is 0 Å². The largest absolute Gasteiger partial charge is 3.00 e. The number of ether oxygens (including phenoxy) is 1. The molecule has 0 aliphatic rings. The Morgan fingerprint density at radius 2 is 1.21 bits per heavy atom. The van der Waals surface area contributed by atoms with E-state index in [-0.39, 0.29) is 20.1 Å². The zero-order chi connectivity index (χ0) is 40.5. The summed E-state index contributed by atoms with van der Waals surface area (Å²) in [5, 5.41) is 2.23. The minimum atomic E-state index is 0. The summed E-state index contributed by atoms with van der Waals surface area (Å²) in [4.78, 5) is 13.4. The quantitative estimate of drug-likeness (QED) is 0.121. The SMILES string of the molecule is Cn1ccnc1-c1[c-]ccc2c1oc1ccccc12.[Ir+3].[c-]1ccccc1-c1cc(CCc2cccc(Oc3cccc(CCc4cc[c-]c(-c5ccccn5)c4)c3)c2)ccn1. The first-order valence-electron chi connectivity index (χ1n) is 20.1. The van der Waals surface area contributed by atoms with Gasteiger partial charge in [0.2, 0.25) is 0 Å². The van der Waals surface area contributed by atoms with Crippen LogP contribution in [0.5, 0.6) is 11.5 Å². The van der Waals surface area contributed by atoms with E-state index in [1.54, 1.807) is 6.20 Å². The van der Waals surface area contributed by atoms with E-state index in [0.29, 0.717) is 0 Å². The number of furan rings is 1. The molecule has 0 N–H and O–H groups in total. The summed E-state index contributed by atoms with van der Waals surface area (Å²) < 4.78 is 14.2. The van der Waals surface area contributed by atoms with Crippen molar-refractivity contribution >= 4 is 21.9 Å². The molecule has 7 heteroatoms. The van der Waals surface area contributed by atoms with Crippen molar-refractivity contribution in [3.63, 3.8) is 0 Å². The van der Waals surface area contributed by atoms with E-state index >= 15 is 0 Å². The van der Waals surface area contributed by atoms with E-state index < -0.39 is 0 Å². The molecule has 4 heterocycles. The normalized spacial score (nSPS) is 10.8. The van der Waals surface area contributed by atoms with Crippen molar-refractivity contribution in [2.24, 2.45) is 7.05 Å². The summed E-state index contributed by atoms with van der Waals surface area (Å²) >= 11 is 0. The van der Waals surface area contributed by atoms with Gasteiger partial charge in [-0.25, -0.2) is 0 Å². The molecule has 10 rings (SSSR count). The van der Waals surface area contributed by atoms with Gasteiger partial charge in [0.1, 0.15) is 17.1 Å². The van der Waals surface area contributed by atoms with Crippen molar-refractivity contribution in [3.05, 3.63) is 223 Å². The first kappa shape index (κ1) is 40.8. The van der Waals surface area contributed by atoms with Crippen LogP contribution < -0.4 is 4.74 Å². The molecule has 0 unspecified atom stereocenters. The van der Waals surface area contributed by atoms with Crippen LogP contribution in [0.3, 0.4) is 0 Å². The van der Waals surface area contributed by atoms with Crippen molar-refractivity contribution in [2.45, 2.75) is 25.7 Å². The third-order valence-corrected chi connectivity index (χ3v) is 10.4. The predicted molar refractivity (Wildman–Crippen MR) is 240 cm³/mol. The number of benzene rings is 6. The molecule has 0 fully saturated rings. The maximum Gasteiger partial charge on any atom is 3.00 e. The third-order valence-electron chi connectivity index (χ3n) is 10.4. The molecule has 10 aromatic rings. The van der Waals surface area contributed by atoms with Gasteiger partial charge in [-0.15, -0.1) is 89.5 Å². The van der Waals surface area contributed by atoms with E-state index in [9.17, 15) is 0 Å². The van der Waals surface area contributed by atoms with Crippen molar-refractivity contribution in [1.82, 2.24) is 19.5 Å². The molecule has 6 nitrogen and oxygen atoms in total. The smallest absolute Gasteiger partial charge is 0.501 e. The van der Waals surface area contributed by atoms with Crippen LogP contribution in [0.1, 0.15) is 22.3 Å². The summed E-state index contributed by atoms with van der Waals surface area (Å²) in [5.74, 6) is 2.57. The van der Waals surface area contributed by atoms with Gasteiger partial charge in [-0.1, -0.05) is 77.2 Å². The van der Waals surface area contributed by atoms with Gasteiger partial charge in [0.15, 0.2) is 0 Å². The fourth-order valence-electron chi connectivity index (χ4n) is 7.37. The minimum Gasteiger partial charge on any atom is -0.501 e. The van der Waals surface area contributed by atoms with Crippen LogP contribution in [0.15, 0.2) is 187 Å². The van der Waals surface area contributed by atoms with Gasteiger partial charge < -0.3 is 23.7 Å². The van der Waals surface area contributed by atoms with E-state index in [1.807, 2.05) is 121 Å². The second-order valence-electron chi connectivity index (χ2n) is 14.6. The Bertz CT molecular complexity index is 2870. The predicted octanol–water partition coefficient (Wildman–Crippen LogP) is 12.6. The number of rotatable bonds is 11. The van der Waals surface area contributed by atoms with Gasteiger partial charge in [0.25, 0.3) is 0 Å². The standard InChI is InChI=1S/C38H30N2O.C16H11N2O.Ir/c1-2-12-33(13-3-1)38-28-32(22-24-40-38)21-20-31-11-8-16-36(27-31)41-35-15-7-10-30(26-35)19-18-29-9-6-14-34(25-29)37-17-4-5-23-39-37;1-18-10-9-17-16(18)13-7-4-6-12-11-5-2-3-8-14(11)19-15(12)13;/h1-12,15-17,22-28H,18-21H2;2-6,8-10H,1H3;/q-2;-1;+3. The maximum atomic E-state index is 6.29. The molecular formula is C54H41IrN4O2. The molecule has 0 bridgehead atoms. The van der Waals surface area contributed by atoms with Crippen molar-refractivity contribution in [1.29, 1.82) is 0 Å². The monoisotopic (exact) mass is 970 g/mol. The van der Waals surface area contributed by atoms with Gasteiger partial charge in [0.05, 0.1) is 11.4 Å². The average molecular weight is 970 g/mol. The first-order valence-corrected chi connectivity index (χ1v) is 20.1. The summed E-state index contributed by atoms with van der Waals surface area (Å²) in [6.07, 6.45) is 11.1. The minimum absolute atomic E-state index is 0. The van der Waals surface area contributed by atoms with Crippen molar-refractivity contribution in [3.8, 4) is 45.4 Å². The van der Waals surface area contributed by atoms with E-state index in [4.69, 9.17) is 9.15 Å². The zero-order valence-corrected chi connectivity index (χ0v) is 36.0. The van der Waals surface area contributed by atoms with E-state index in [0.717, 1.165) is 93.0 Å². The van der Waals surface area contributed by atoms with Crippen LogP contribution in [-0.2, 0) is 52.8 Å². The van der Waals surface area contributed by atoms with Gasteiger partial charge in [-0.2, -0.15) is 0 Å². The van der Waals surface area contributed by atoms with E-state index in [1.165, 1.54) is 22.3 Å². The van der Waals surface area contributed by atoms with Crippen LogP contribution >= 0.6 is 0 Å². The molecule has 61 heavy (non-hydrogen) atoms. The van der Waals surface area contributed by atoms with Gasteiger partial charge in [-0.05, 0) is 90.7 Å². The van der Waals surface area contributed by atoms with Gasteiger partial charge in [0, 0.05) is 37.2 Å². The second kappa shape index (κ2) is 19.4. The van der Waals surface area contributed by atoms with Crippen LogP contribution in [0.2, 0.25) is 0 Å². The molecule has 6 aromatic carbocycles. The number of aryl methyl sites for hydroxylation is 5. The van der Waals surface area contributed by atoms with Crippen LogP contribution in [-0.4, -0.2) is 19.5 Å².